The predicted octanol–water partition coefficient (Wildman–Crippen LogP) is 5.87. The molecular weight excluding hydrogens is 558 g/mol. The van der Waals surface area contributed by atoms with Crippen molar-refractivity contribution in [3.05, 3.63) is 70.0 Å². The number of carbonyl (C=O) groups is 1. The van der Waals surface area contributed by atoms with Crippen LogP contribution in [-0.2, 0) is 34.1 Å². The Labute approximate surface area is 227 Å². The number of anilines is 1. The third kappa shape index (κ3) is 6.95. The van der Waals surface area contributed by atoms with Gasteiger partial charge in [-0.05, 0) is 41.8 Å². The van der Waals surface area contributed by atoms with Gasteiger partial charge in [0.2, 0.25) is 5.91 Å². The molecule has 1 amide bonds. The summed E-state index contributed by atoms with van der Waals surface area (Å²) < 4.78 is 80.2. The maximum atomic E-state index is 14.5. The smallest absolute Gasteiger partial charge is 0.406 e. The number of hydrogen-bond acceptors (Lipinski definition) is 7. The fraction of sp³-hybridized carbons (Fsp3) is 0.385. The molecule has 1 N–H and O–H groups in total. The van der Waals surface area contributed by atoms with Crippen LogP contribution >= 0.6 is 11.3 Å². The van der Waals surface area contributed by atoms with Gasteiger partial charge in [0.1, 0.15) is 11.6 Å². The number of alkyl halides is 3. The van der Waals surface area contributed by atoms with Crippen LogP contribution in [0.5, 0.6) is 5.75 Å². The second kappa shape index (κ2) is 11.2. The fourth-order valence-corrected chi connectivity index (χ4v) is 6.45. The van der Waals surface area contributed by atoms with E-state index in [1.807, 2.05) is 18.7 Å². The molecule has 0 saturated carbocycles. The van der Waals surface area contributed by atoms with E-state index >= 15 is 0 Å². The van der Waals surface area contributed by atoms with Crippen molar-refractivity contribution < 1.29 is 35.5 Å². The molecule has 13 heteroatoms. The number of nitrogens with zero attached hydrogens (tertiary/aromatic N) is 2. The molecule has 39 heavy (non-hydrogen) atoms. The van der Waals surface area contributed by atoms with Crippen LogP contribution in [0.4, 0.5) is 22.7 Å². The van der Waals surface area contributed by atoms with Gasteiger partial charge in [0.05, 0.1) is 28.8 Å². The summed E-state index contributed by atoms with van der Waals surface area (Å²) in [5, 5.41) is 3.20. The maximum absolute atomic E-state index is 14.5. The number of hydrogen-bond donors (Lipinski definition) is 1. The number of thiazole rings is 1. The summed E-state index contributed by atoms with van der Waals surface area (Å²) in [5.41, 5.74) is 1.46. The second-order valence-electron chi connectivity index (χ2n) is 9.49. The van der Waals surface area contributed by atoms with Crippen LogP contribution in [0.15, 0.2) is 47.4 Å². The first-order valence-corrected chi connectivity index (χ1v) is 14.6. The molecule has 7 nitrogen and oxygen atoms in total. The van der Waals surface area contributed by atoms with Crippen molar-refractivity contribution in [2.24, 2.45) is 5.92 Å². The third-order valence-electron chi connectivity index (χ3n) is 6.28. The topological polar surface area (TPSA) is 88.6 Å². The Morgan fingerprint density at radius 3 is 2.51 bits per heavy atom. The summed E-state index contributed by atoms with van der Waals surface area (Å²) in [6, 6.07) is 8.87. The Morgan fingerprint density at radius 1 is 1.21 bits per heavy atom. The van der Waals surface area contributed by atoms with Crippen molar-refractivity contribution in [1.29, 1.82) is 0 Å². The number of fused-ring (bicyclic) bond motifs is 1. The highest BCUT2D eigenvalue weighted by Gasteiger charge is 2.37. The first-order valence-electron chi connectivity index (χ1n) is 12.1. The summed E-state index contributed by atoms with van der Waals surface area (Å²) in [7, 11) is -3.32. The average Bonchev–Trinajstić information content (AvgIpc) is 3.36. The number of amides is 1. The molecule has 2 aromatic carbocycles. The lowest BCUT2D eigenvalue weighted by Crippen LogP contribution is -2.26. The highest BCUT2D eigenvalue weighted by molar-refractivity contribution is 7.91. The van der Waals surface area contributed by atoms with Crippen molar-refractivity contribution in [3.63, 3.8) is 0 Å². The second-order valence-corrected chi connectivity index (χ2v) is 12.9. The van der Waals surface area contributed by atoms with E-state index in [1.54, 1.807) is 19.1 Å². The zero-order valence-corrected chi connectivity index (χ0v) is 23.0. The Balaban J connectivity index is 1.44. The summed E-state index contributed by atoms with van der Waals surface area (Å²) in [5.74, 6) is -1.39. The number of halogens is 4. The normalized spacial score (nSPS) is 15.9. The van der Waals surface area contributed by atoms with Gasteiger partial charge in [-0.25, -0.2) is 17.8 Å². The molecule has 0 unspecified atom stereocenters. The minimum Gasteiger partial charge on any atom is -0.406 e. The van der Waals surface area contributed by atoms with Gasteiger partial charge in [-0.2, -0.15) is 0 Å². The SMILES string of the molecule is CCS(=O)(=O)c1ccc(CC(=O)Nc2nc3c(s2)CN(Cc2cc(OC(F)(F)F)ccc2F)[C@@H]3C(C)C)cc1. The highest BCUT2D eigenvalue weighted by atomic mass is 32.2. The number of aromatic nitrogens is 1. The molecule has 4 rings (SSSR count). The predicted molar refractivity (Wildman–Crippen MR) is 139 cm³/mol. The van der Waals surface area contributed by atoms with Crippen molar-refractivity contribution in [3.8, 4) is 5.75 Å². The molecule has 0 spiro atoms. The van der Waals surface area contributed by atoms with Gasteiger partial charge < -0.3 is 10.1 Å². The molecule has 0 bridgehead atoms. The molecular formula is C26H27F4N3O4S2. The van der Waals surface area contributed by atoms with Crippen LogP contribution in [-0.4, -0.2) is 36.3 Å². The van der Waals surface area contributed by atoms with Gasteiger partial charge in [0.15, 0.2) is 15.0 Å². The zero-order chi connectivity index (χ0) is 28.5. The number of ether oxygens (including phenoxy) is 1. The molecule has 0 fully saturated rings. The molecule has 0 saturated heterocycles. The molecule has 2 heterocycles. The quantitative estimate of drug-likeness (QED) is 0.316. The molecule has 1 aliphatic rings. The lowest BCUT2D eigenvalue weighted by molar-refractivity contribution is -0.274. The molecule has 3 aromatic rings. The van der Waals surface area contributed by atoms with Crippen LogP contribution in [0.1, 0.15) is 48.5 Å². The third-order valence-corrected chi connectivity index (χ3v) is 9.00. The Kier molecular flexibility index (Phi) is 8.33. The van der Waals surface area contributed by atoms with Crippen LogP contribution in [0.2, 0.25) is 0 Å². The van der Waals surface area contributed by atoms with Crippen molar-refractivity contribution in [1.82, 2.24) is 9.88 Å². The van der Waals surface area contributed by atoms with Crippen LogP contribution in [0, 0.1) is 11.7 Å². The van der Waals surface area contributed by atoms with Gasteiger partial charge in [-0.1, -0.05) is 32.9 Å². The molecule has 210 valence electrons. The Bertz CT molecular complexity index is 1450. The minimum atomic E-state index is -4.88. The standard InChI is InChI=1S/C26H27F4N3O4S2/c1-4-39(35,36)19-8-5-16(6-9-19)11-22(34)31-25-32-23-21(38-25)14-33(24(23)15(2)3)13-17-12-18(7-10-20(17)27)37-26(28,29)30/h5-10,12,15,24H,4,11,13-14H2,1-3H3,(H,31,32,34)/t24-/m1/s1. The summed E-state index contributed by atoms with van der Waals surface area (Å²) in [6.07, 6.45) is -4.84. The number of benzene rings is 2. The van der Waals surface area contributed by atoms with Crippen molar-refractivity contribution >= 4 is 32.2 Å². The van der Waals surface area contributed by atoms with E-state index in [-0.39, 0.29) is 47.0 Å². The van der Waals surface area contributed by atoms with E-state index in [9.17, 15) is 30.8 Å². The van der Waals surface area contributed by atoms with Crippen LogP contribution < -0.4 is 10.1 Å². The highest BCUT2D eigenvalue weighted by Crippen LogP contribution is 2.43. The van der Waals surface area contributed by atoms with E-state index in [4.69, 9.17) is 0 Å². The summed E-state index contributed by atoms with van der Waals surface area (Å²) >= 11 is 1.29. The van der Waals surface area contributed by atoms with Crippen LogP contribution in [0.3, 0.4) is 0 Å². The zero-order valence-electron chi connectivity index (χ0n) is 21.4. The van der Waals surface area contributed by atoms with Gasteiger partial charge in [0.25, 0.3) is 0 Å². The van der Waals surface area contributed by atoms with Crippen molar-refractivity contribution in [2.75, 3.05) is 11.1 Å². The van der Waals surface area contributed by atoms with E-state index in [1.165, 1.54) is 23.5 Å². The van der Waals surface area contributed by atoms with E-state index in [2.05, 4.69) is 15.0 Å². The van der Waals surface area contributed by atoms with Gasteiger partial charge >= 0.3 is 6.36 Å². The number of carbonyl (C=O) groups excluding carboxylic acids is 1. The van der Waals surface area contributed by atoms with E-state index < -0.39 is 27.8 Å². The maximum Gasteiger partial charge on any atom is 0.573 e. The largest absolute Gasteiger partial charge is 0.573 e. The van der Waals surface area contributed by atoms with E-state index in [0.29, 0.717) is 17.2 Å². The lowest BCUT2D eigenvalue weighted by atomic mass is 10.0. The minimum absolute atomic E-state index is 0.00978. The van der Waals surface area contributed by atoms with Gasteiger partial charge in [-0.3, -0.25) is 9.69 Å². The molecule has 1 aliphatic heterocycles. The summed E-state index contributed by atoms with van der Waals surface area (Å²) in [6.45, 7) is 5.94. The molecule has 1 atom stereocenters. The van der Waals surface area contributed by atoms with Gasteiger partial charge in [-0.15, -0.1) is 24.5 Å². The number of nitrogens with one attached hydrogen (secondary N) is 1. The first-order chi connectivity index (χ1) is 18.3. The average molecular weight is 586 g/mol. The van der Waals surface area contributed by atoms with E-state index in [0.717, 1.165) is 28.8 Å². The first kappa shape index (κ1) is 29.0. The molecule has 0 aliphatic carbocycles. The molecule has 0 radical (unpaired) electrons. The number of rotatable bonds is 9. The summed E-state index contributed by atoms with van der Waals surface area (Å²) in [4.78, 5) is 20.3. The van der Waals surface area contributed by atoms with Crippen LogP contribution in [0.25, 0.3) is 0 Å². The lowest BCUT2D eigenvalue weighted by Gasteiger charge is -2.28. The number of sulfone groups is 1. The Morgan fingerprint density at radius 2 is 1.90 bits per heavy atom. The monoisotopic (exact) mass is 585 g/mol. The fourth-order valence-electron chi connectivity index (χ4n) is 4.53. The molecule has 1 aromatic heterocycles. The van der Waals surface area contributed by atoms with Crippen molar-refractivity contribution in [2.45, 2.75) is 57.6 Å². The van der Waals surface area contributed by atoms with Gasteiger partial charge in [0, 0.05) is 23.5 Å². The Hall–Kier alpha value is -3.03.